The van der Waals surface area contributed by atoms with E-state index in [0.29, 0.717) is 28.9 Å². The zero-order chi connectivity index (χ0) is 20.2. The van der Waals surface area contributed by atoms with Gasteiger partial charge in [-0.2, -0.15) is 4.98 Å². The molecule has 2 heterocycles. The normalized spacial score (nSPS) is 16.6. The second-order valence-electron chi connectivity index (χ2n) is 7.25. The Bertz CT molecular complexity index is 981. The molecular weight excluding hydrogens is 366 g/mol. The van der Waals surface area contributed by atoms with Gasteiger partial charge in [0, 0.05) is 18.2 Å². The van der Waals surface area contributed by atoms with Gasteiger partial charge < -0.3 is 14.2 Å². The molecule has 0 bridgehead atoms. The number of piperidine rings is 1. The van der Waals surface area contributed by atoms with Crippen LogP contribution in [0.25, 0.3) is 22.8 Å². The molecule has 1 fully saturated rings. The van der Waals surface area contributed by atoms with Crippen LogP contribution in [-0.4, -0.2) is 40.6 Å². The van der Waals surface area contributed by atoms with Crippen LogP contribution in [0, 0.1) is 0 Å². The molecule has 0 unspecified atom stereocenters. The number of aromatic nitrogens is 2. The lowest BCUT2D eigenvalue weighted by Crippen LogP contribution is -2.43. The maximum Gasteiger partial charge on any atom is 0.259 e. The van der Waals surface area contributed by atoms with Crippen LogP contribution in [-0.2, 0) is 0 Å². The fourth-order valence-electron chi connectivity index (χ4n) is 3.89. The fraction of sp³-hybridized carbons (Fsp3) is 0.348. The van der Waals surface area contributed by atoms with E-state index in [1.807, 2.05) is 53.4 Å². The zero-order valence-corrected chi connectivity index (χ0v) is 16.8. The van der Waals surface area contributed by atoms with Gasteiger partial charge in [0.05, 0.1) is 18.2 Å². The molecule has 2 aromatic carbocycles. The Morgan fingerprint density at radius 1 is 1.17 bits per heavy atom. The number of carbonyl (C=O) groups excluding carboxylic acids is 1. The van der Waals surface area contributed by atoms with Crippen molar-refractivity contribution in [2.75, 3.05) is 13.7 Å². The Labute approximate surface area is 170 Å². The van der Waals surface area contributed by atoms with Crippen LogP contribution in [0.5, 0.6) is 5.75 Å². The van der Waals surface area contributed by atoms with E-state index in [-0.39, 0.29) is 5.91 Å². The third-order valence-electron chi connectivity index (χ3n) is 5.52. The molecule has 150 valence electrons. The third kappa shape index (κ3) is 3.88. The van der Waals surface area contributed by atoms with E-state index in [0.717, 1.165) is 37.1 Å². The molecule has 0 spiro atoms. The molecule has 0 N–H and O–H groups in total. The first-order valence-corrected chi connectivity index (χ1v) is 10.1. The van der Waals surface area contributed by atoms with E-state index >= 15 is 0 Å². The number of carbonyl (C=O) groups is 1. The highest BCUT2D eigenvalue weighted by atomic mass is 16.5. The lowest BCUT2D eigenvalue weighted by atomic mass is 9.97. The van der Waals surface area contributed by atoms with Crippen LogP contribution < -0.4 is 4.74 Å². The summed E-state index contributed by atoms with van der Waals surface area (Å²) in [6.45, 7) is 2.94. The van der Waals surface area contributed by atoms with Crippen molar-refractivity contribution in [3.8, 4) is 28.6 Å². The maximum absolute atomic E-state index is 13.3. The van der Waals surface area contributed by atoms with Crippen LogP contribution in [0.4, 0.5) is 0 Å². The van der Waals surface area contributed by atoms with Gasteiger partial charge >= 0.3 is 0 Å². The first-order chi connectivity index (χ1) is 14.2. The topological polar surface area (TPSA) is 68.5 Å². The Kier molecular flexibility index (Phi) is 5.60. The molecular formula is C23H25N3O3. The summed E-state index contributed by atoms with van der Waals surface area (Å²) >= 11 is 0. The van der Waals surface area contributed by atoms with Gasteiger partial charge in [-0.05, 0) is 62.1 Å². The van der Waals surface area contributed by atoms with E-state index in [2.05, 4.69) is 17.1 Å². The van der Waals surface area contributed by atoms with Gasteiger partial charge in [0.1, 0.15) is 5.75 Å². The van der Waals surface area contributed by atoms with Crippen molar-refractivity contribution in [2.45, 2.75) is 38.6 Å². The minimum Gasteiger partial charge on any atom is -0.497 e. The maximum atomic E-state index is 13.3. The summed E-state index contributed by atoms with van der Waals surface area (Å²) in [7, 11) is 1.63. The van der Waals surface area contributed by atoms with E-state index in [1.165, 1.54) is 6.42 Å². The highest BCUT2D eigenvalue weighted by molar-refractivity contribution is 6.00. The monoisotopic (exact) mass is 391 g/mol. The van der Waals surface area contributed by atoms with E-state index in [9.17, 15) is 4.79 Å². The van der Waals surface area contributed by atoms with Crippen molar-refractivity contribution in [2.24, 2.45) is 0 Å². The molecule has 1 aliphatic rings. The first kappa shape index (κ1) is 19.2. The molecule has 1 saturated heterocycles. The molecule has 4 rings (SSSR count). The quantitative estimate of drug-likeness (QED) is 0.624. The van der Waals surface area contributed by atoms with Gasteiger partial charge in [-0.25, -0.2) is 0 Å². The van der Waals surface area contributed by atoms with E-state index < -0.39 is 0 Å². The van der Waals surface area contributed by atoms with Gasteiger partial charge in [-0.3, -0.25) is 4.79 Å². The zero-order valence-electron chi connectivity index (χ0n) is 16.8. The van der Waals surface area contributed by atoms with Crippen molar-refractivity contribution in [1.29, 1.82) is 0 Å². The van der Waals surface area contributed by atoms with Crippen molar-refractivity contribution in [3.63, 3.8) is 0 Å². The minimum absolute atomic E-state index is 0.0383. The summed E-state index contributed by atoms with van der Waals surface area (Å²) in [5.41, 5.74) is 2.11. The summed E-state index contributed by atoms with van der Waals surface area (Å²) in [5.74, 6) is 1.64. The number of hydrogen-bond acceptors (Lipinski definition) is 5. The van der Waals surface area contributed by atoms with Crippen LogP contribution in [0.2, 0.25) is 0 Å². The average Bonchev–Trinajstić information content (AvgIpc) is 3.29. The molecule has 1 amide bonds. The largest absolute Gasteiger partial charge is 0.497 e. The molecule has 6 nitrogen and oxygen atoms in total. The van der Waals surface area contributed by atoms with E-state index in [4.69, 9.17) is 9.26 Å². The lowest BCUT2D eigenvalue weighted by molar-refractivity contribution is 0.0608. The number of benzene rings is 2. The fourth-order valence-corrected chi connectivity index (χ4v) is 3.89. The van der Waals surface area contributed by atoms with Crippen molar-refractivity contribution in [1.82, 2.24) is 15.0 Å². The Morgan fingerprint density at radius 2 is 1.97 bits per heavy atom. The number of amides is 1. The number of hydrogen-bond donors (Lipinski definition) is 0. The molecule has 6 heteroatoms. The highest BCUT2D eigenvalue weighted by Gasteiger charge is 2.28. The number of ether oxygens (including phenoxy) is 1. The number of rotatable bonds is 5. The van der Waals surface area contributed by atoms with Gasteiger partial charge in [-0.15, -0.1) is 0 Å². The van der Waals surface area contributed by atoms with Gasteiger partial charge in [0.15, 0.2) is 0 Å². The Morgan fingerprint density at radius 3 is 2.72 bits per heavy atom. The third-order valence-corrected chi connectivity index (χ3v) is 5.52. The lowest BCUT2D eigenvalue weighted by Gasteiger charge is -2.35. The van der Waals surface area contributed by atoms with Gasteiger partial charge in [0.2, 0.25) is 5.82 Å². The molecule has 0 radical (unpaired) electrons. The molecule has 1 atom stereocenters. The van der Waals surface area contributed by atoms with Crippen LogP contribution in [0.15, 0.2) is 53.1 Å². The summed E-state index contributed by atoms with van der Waals surface area (Å²) < 4.78 is 10.7. The predicted molar refractivity (Wildman–Crippen MR) is 111 cm³/mol. The van der Waals surface area contributed by atoms with Crippen LogP contribution in [0.3, 0.4) is 0 Å². The molecule has 29 heavy (non-hydrogen) atoms. The summed E-state index contributed by atoms with van der Waals surface area (Å²) in [5, 5.41) is 4.11. The summed E-state index contributed by atoms with van der Waals surface area (Å²) in [6.07, 6.45) is 4.26. The minimum atomic E-state index is 0.0383. The van der Waals surface area contributed by atoms with Crippen molar-refractivity contribution >= 4 is 5.91 Å². The second-order valence-corrected chi connectivity index (χ2v) is 7.25. The molecule has 3 aromatic rings. The molecule has 0 saturated carbocycles. The Balaban J connectivity index is 1.65. The smallest absolute Gasteiger partial charge is 0.259 e. The highest BCUT2D eigenvalue weighted by Crippen LogP contribution is 2.29. The standard InChI is InChI=1S/C23H25N3O3/c1-3-17-8-6-7-15-26(17)23(27)20-10-5-4-9-19(20)22-24-21(25-29-22)16-11-13-18(28-2)14-12-16/h4-5,9-14,17H,3,6-8,15H2,1-2H3/t17-/m1/s1. The van der Waals surface area contributed by atoms with Crippen LogP contribution >= 0.6 is 0 Å². The van der Waals surface area contributed by atoms with E-state index in [1.54, 1.807) is 7.11 Å². The summed E-state index contributed by atoms with van der Waals surface area (Å²) in [6, 6.07) is 15.2. The molecule has 1 aliphatic heterocycles. The van der Waals surface area contributed by atoms with Gasteiger partial charge in [-0.1, -0.05) is 24.2 Å². The van der Waals surface area contributed by atoms with Crippen molar-refractivity contribution in [3.05, 3.63) is 54.1 Å². The number of likely N-dealkylation sites (tertiary alicyclic amines) is 1. The Hall–Kier alpha value is -3.15. The molecule has 0 aliphatic carbocycles. The SMILES string of the molecule is CC[C@@H]1CCCCN1C(=O)c1ccccc1-c1nc(-c2ccc(OC)cc2)no1. The van der Waals surface area contributed by atoms with Crippen LogP contribution in [0.1, 0.15) is 43.0 Å². The summed E-state index contributed by atoms with van der Waals surface area (Å²) in [4.78, 5) is 19.9. The molecule has 1 aromatic heterocycles. The first-order valence-electron chi connectivity index (χ1n) is 10.1. The predicted octanol–water partition coefficient (Wildman–Crippen LogP) is 4.82. The number of methoxy groups -OCH3 is 1. The van der Waals surface area contributed by atoms with Crippen molar-refractivity contribution < 1.29 is 14.1 Å². The average molecular weight is 391 g/mol. The number of nitrogens with zero attached hydrogens (tertiary/aromatic N) is 3. The second kappa shape index (κ2) is 8.47. The van der Waals surface area contributed by atoms with Gasteiger partial charge in [0.25, 0.3) is 11.8 Å².